The summed E-state index contributed by atoms with van der Waals surface area (Å²) in [6, 6.07) is 8.01. The van der Waals surface area contributed by atoms with Gasteiger partial charge < -0.3 is 5.73 Å². The Morgan fingerprint density at radius 2 is 1.78 bits per heavy atom. The second-order valence-electron chi connectivity index (χ2n) is 5.16. The summed E-state index contributed by atoms with van der Waals surface area (Å²) in [6.07, 6.45) is 0.292. The maximum atomic E-state index is 11.5. The van der Waals surface area contributed by atoms with Crippen molar-refractivity contribution in [3.05, 3.63) is 35.4 Å². The van der Waals surface area contributed by atoms with Crippen LogP contribution < -0.4 is 16.6 Å². The average Bonchev–Trinajstić information content (AvgIpc) is 2.26. The van der Waals surface area contributed by atoms with Gasteiger partial charge in [-0.25, -0.2) is 0 Å². The predicted octanol–water partition coefficient (Wildman–Crippen LogP) is 1.39. The second-order valence-corrected chi connectivity index (χ2v) is 5.60. The zero-order valence-corrected chi connectivity index (χ0v) is 11.7. The Morgan fingerprint density at radius 1 is 1.22 bits per heavy atom. The van der Waals surface area contributed by atoms with Crippen LogP contribution in [-0.2, 0) is 16.6 Å². The van der Waals surface area contributed by atoms with Gasteiger partial charge in [-0.1, -0.05) is 45.0 Å². The summed E-state index contributed by atoms with van der Waals surface area (Å²) in [4.78, 5) is 11.5. The van der Waals surface area contributed by atoms with Crippen LogP contribution in [0.25, 0.3) is 0 Å². The number of nitrogens with two attached hydrogens (primary N) is 1. The van der Waals surface area contributed by atoms with Crippen molar-refractivity contribution in [1.82, 2.24) is 10.9 Å². The van der Waals surface area contributed by atoms with Crippen LogP contribution in [0.1, 0.15) is 31.9 Å². The van der Waals surface area contributed by atoms with Gasteiger partial charge in [0.25, 0.3) is 0 Å². The van der Waals surface area contributed by atoms with Crippen molar-refractivity contribution in [3.63, 3.8) is 0 Å². The average molecular weight is 265 g/mol. The Kier molecular flexibility index (Phi) is 4.67. The number of hydrazine groups is 1. The first-order valence-corrected chi connectivity index (χ1v) is 6.13. The van der Waals surface area contributed by atoms with Crippen LogP contribution in [-0.4, -0.2) is 11.0 Å². The quantitative estimate of drug-likeness (QED) is 0.558. The van der Waals surface area contributed by atoms with E-state index in [1.807, 2.05) is 24.3 Å². The zero-order chi connectivity index (χ0) is 13.8. The van der Waals surface area contributed by atoms with Crippen LogP contribution in [0, 0.1) is 0 Å². The summed E-state index contributed by atoms with van der Waals surface area (Å²) >= 11 is 4.59. The second kappa shape index (κ2) is 5.82. The van der Waals surface area contributed by atoms with Crippen LogP contribution in [0.4, 0.5) is 0 Å². The van der Waals surface area contributed by atoms with Crippen molar-refractivity contribution >= 4 is 23.2 Å². The lowest BCUT2D eigenvalue weighted by Gasteiger charge is -2.19. The number of rotatable bonds is 2. The fraction of sp³-hybridized carbons (Fsp3) is 0.385. The number of carbonyl (C=O) groups excluding carboxylic acids is 1. The summed E-state index contributed by atoms with van der Waals surface area (Å²) in [5, 5.41) is 0.0476. The summed E-state index contributed by atoms with van der Waals surface area (Å²) in [5.41, 5.74) is 12.4. The van der Waals surface area contributed by atoms with E-state index in [1.165, 1.54) is 5.56 Å². The molecule has 0 aromatic heterocycles. The minimum atomic E-state index is -0.175. The monoisotopic (exact) mass is 265 g/mol. The maximum Gasteiger partial charge on any atom is 0.242 e. The van der Waals surface area contributed by atoms with Gasteiger partial charge >= 0.3 is 0 Å². The molecular formula is C13H19N3OS. The van der Waals surface area contributed by atoms with Crippen LogP contribution in [0.2, 0.25) is 0 Å². The molecule has 1 amide bonds. The van der Waals surface area contributed by atoms with E-state index in [9.17, 15) is 4.79 Å². The fourth-order valence-corrected chi connectivity index (χ4v) is 1.53. The third-order valence-electron chi connectivity index (χ3n) is 2.51. The molecule has 4 N–H and O–H groups in total. The van der Waals surface area contributed by atoms with Crippen molar-refractivity contribution in [2.75, 3.05) is 0 Å². The van der Waals surface area contributed by atoms with Crippen LogP contribution in [0.5, 0.6) is 0 Å². The van der Waals surface area contributed by atoms with E-state index >= 15 is 0 Å². The first-order chi connectivity index (χ1) is 8.29. The lowest BCUT2D eigenvalue weighted by atomic mass is 9.86. The standard InChI is InChI=1S/C13H19N3OS/c1-13(2,3)10-6-4-9(5-7-10)8-11(17)15-16-12(14)18/h4-7H,8H2,1-3H3,(H,15,17)(H3,14,16,18). The fourth-order valence-electron chi connectivity index (χ4n) is 1.48. The molecule has 1 rings (SSSR count). The Hall–Kier alpha value is -1.62. The zero-order valence-electron chi connectivity index (χ0n) is 10.9. The number of hydrogen-bond acceptors (Lipinski definition) is 2. The lowest BCUT2D eigenvalue weighted by Crippen LogP contribution is -2.44. The molecule has 0 heterocycles. The number of thiocarbonyl (C=S) groups is 1. The number of hydrogen-bond donors (Lipinski definition) is 3. The van der Waals surface area contributed by atoms with E-state index in [0.717, 1.165) is 5.56 Å². The van der Waals surface area contributed by atoms with Crippen molar-refractivity contribution < 1.29 is 4.79 Å². The molecule has 0 unspecified atom stereocenters. The highest BCUT2D eigenvalue weighted by atomic mass is 32.1. The predicted molar refractivity (Wildman–Crippen MR) is 76.9 cm³/mol. The molecule has 5 heteroatoms. The summed E-state index contributed by atoms with van der Waals surface area (Å²) in [7, 11) is 0. The lowest BCUT2D eigenvalue weighted by molar-refractivity contribution is -0.121. The highest BCUT2D eigenvalue weighted by Crippen LogP contribution is 2.22. The smallest absolute Gasteiger partial charge is 0.242 e. The van der Waals surface area contributed by atoms with Gasteiger partial charge in [0.15, 0.2) is 5.11 Å². The van der Waals surface area contributed by atoms with E-state index in [0.29, 0.717) is 6.42 Å². The molecule has 98 valence electrons. The Balaban J connectivity index is 2.59. The number of benzene rings is 1. The highest BCUT2D eigenvalue weighted by Gasteiger charge is 2.13. The number of carbonyl (C=O) groups is 1. The molecule has 4 nitrogen and oxygen atoms in total. The van der Waals surface area contributed by atoms with E-state index in [-0.39, 0.29) is 16.4 Å². The SMILES string of the molecule is CC(C)(C)c1ccc(CC(=O)NNC(N)=S)cc1. The summed E-state index contributed by atoms with van der Waals surface area (Å²) in [6.45, 7) is 6.46. The molecule has 18 heavy (non-hydrogen) atoms. The number of nitrogens with one attached hydrogen (secondary N) is 2. The van der Waals surface area contributed by atoms with Gasteiger partial charge in [-0.2, -0.15) is 0 Å². The van der Waals surface area contributed by atoms with Crippen LogP contribution >= 0.6 is 12.2 Å². The molecule has 0 aliphatic carbocycles. The van der Waals surface area contributed by atoms with Gasteiger partial charge in [-0.3, -0.25) is 15.6 Å². The molecule has 0 aliphatic rings. The summed E-state index contributed by atoms with van der Waals surface area (Å²) < 4.78 is 0. The van der Waals surface area contributed by atoms with Gasteiger partial charge in [-0.05, 0) is 28.8 Å². The van der Waals surface area contributed by atoms with Crippen molar-refractivity contribution in [2.45, 2.75) is 32.6 Å². The molecule has 1 aromatic carbocycles. The Labute approximate surface area is 113 Å². The van der Waals surface area contributed by atoms with E-state index < -0.39 is 0 Å². The van der Waals surface area contributed by atoms with E-state index in [4.69, 9.17) is 5.73 Å². The third-order valence-corrected chi connectivity index (χ3v) is 2.61. The minimum Gasteiger partial charge on any atom is -0.375 e. The van der Waals surface area contributed by atoms with Crippen LogP contribution in [0.3, 0.4) is 0 Å². The Morgan fingerprint density at radius 3 is 2.22 bits per heavy atom. The molecule has 0 aliphatic heterocycles. The molecule has 0 fully saturated rings. The molecule has 1 aromatic rings. The van der Waals surface area contributed by atoms with Gasteiger partial charge in [0.1, 0.15) is 0 Å². The van der Waals surface area contributed by atoms with Crippen LogP contribution in [0.15, 0.2) is 24.3 Å². The largest absolute Gasteiger partial charge is 0.375 e. The van der Waals surface area contributed by atoms with Gasteiger partial charge in [0, 0.05) is 0 Å². The maximum absolute atomic E-state index is 11.5. The normalized spacial score (nSPS) is 10.8. The summed E-state index contributed by atoms with van der Waals surface area (Å²) in [5.74, 6) is -0.175. The van der Waals surface area contributed by atoms with Crippen molar-refractivity contribution in [2.24, 2.45) is 5.73 Å². The molecule has 0 spiro atoms. The highest BCUT2D eigenvalue weighted by molar-refractivity contribution is 7.80. The van der Waals surface area contributed by atoms with E-state index in [2.05, 4.69) is 43.8 Å². The first-order valence-electron chi connectivity index (χ1n) is 5.73. The van der Waals surface area contributed by atoms with Gasteiger partial charge in [0.05, 0.1) is 6.42 Å². The molecule has 0 saturated carbocycles. The molecule has 0 bridgehead atoms. The van der Waals surface area contributed by atoms with Crippen molar-refractivity contribution in [1.29, 1.82) is 0 Å². The molecule has 0 saturated heterocycles. The van der Waals surface area contributed by atoms with Crippen molar-refractivity contribution in [3.8, 4) is 0 Å². The number of amides is 1. The first kappa shape index (κ1) is 14.4. The molecule has 0 atom stereocenters. The van der Waals surface area contributed by atoms with Gasteiger partial charge in [0.2, 0.25) is 5.91 Å². The minimum absolute atomic E-state index is 0.0476. The molecule has 0 radical (unpaired) electrons. The van der Waals surface area contributed by atoms with Gasteiger partial charge in [-0.15, -0.1) is 0 Å². The third kappa shape index (κ3) is 4.71. The topological polar surface area (TPSA) is 67.2 Å². The Bertz CT molecular complexity index is 435. The van der Waals surface area contributed by atoms with E-state index in [1.54, 1.807) is 0 Å². The molecular weight excluding hydrogens is 246 g/mol.